The molecule has 3 heterocycles. The number of hydrogen-bond donors (Lipinski definition) is 1. The lowest BCUT2D eigenvalue weighted by Gasteiger charge is -2.35. The molecule has 2 aliphatic heterocycles. The van der Waals surface area contributed by atoms with Crippen LogP contribution in [0, 0.1) is 5.92 Å². The fourth-order valence-electron chi connectivity index (χ4n) is 4.04. The predicted molar refractivity (Wildman–Crippen MR) is 117 cm³/mol. The predicted octanol–water partition coefficient (Wildman–Crippen LogP) is 0.801. The van der Waals surface area contributed by atoms with Crippen molar-refractivity contribution in [2.45, 2.75) is 18.6 Å². The van der Waals surface area contributed by atoms with E-state index in [1.165, 1.54) is 22.1 Å². The minimum Gasteiger partial charge on any atom is -0.364 e. The summed E-state index contributed by atoms with van der Waals surface area (Å²) in [6.07, 6.45) is 1.70. The molecular formula is C21H25N5O6S. The van der Waals surface area contributed by atoms with Crippen molar-refractivity contribution in [1.29, 1.82) is 0 Å². The average molecular weight is 476 g/mol. The van der Waals surface area contributed by atoms with Gasteiger partial charge in [0.1, 0.15) is 12.0 Å². The van der Waals surface area contributed by atoms with Crippen molar-refractivity contribution in [3.63, 3.8) is 0 Å². The fraction of sp³-hybridized carbons (Fsp3) is 0.429. The van der Waals surface area contributed by atoms with Crippen LogP contribution in [0.15, 0.2) is 47.2 Å². The Bertz CT molecular complexity index is 1110. The summed E-state index contributed by atoms with van der Waals surface area (Å²) < 4.78 is 31.4. The monoisotopic (exact) mass is 475 g/mol. The molecule has 0 saturated carbocycles. The zero-order chi connectivity index (χ0) is 23.4. The van der Waals surface area contributed by atoms with Crippen LogP contribution in [0.25, 0.3) is 0 Å². The molecule has 2 saturated heterocycles. The van der Waals surface area contributed by atoms with E-state index in [0.29, 0.717) is 6.54 Å². The molecule has 11 nitrogen and oxygen atoms in total. The number of nitrogens with zero attached hydrogens (tertiary/aromatic N) is 4. The zero-order valence-electron chi connectivity index (χ0n) is 17.9. The van der Waals surface area contributed by atoms with Gasteiger partial charge in [0.15, 0.2) is 0 Å². The second kappa shape index (κ2) is 9.71. The molecule has 0 aliphatic carbocycles. The number of amides is 4. The van der Waals surface area contributed by atoms with Crippen LogP contribution >= 0.6 is 0 Å². The van der Waals surface area contributed by atoms with Crippen molar-refractivity contribution in [2.24, 2.45) is 5.92 Å². The fourth-order valence-corrected chi connectivity index (χ4v) is 5.08. The molecule has 4 rings (SSSR count). The van der Waals surface area contributed by atoms with Crippen LogP contribution < -0.4 is 9.62 Å². The second-order valence-electron chi connectivity index (χ2n) is 8.08. The maximum atomic E-state index is 12.9. The quantitative estimate of drug-likeness (QED) is 0.567. The van der Waals surface area contributed by atoms with Crippen molar-refractivity contribution in [3.8, 4) is 0 Å². The van der Waals surface area contributed by atoms with Crippen molar-refractivity contribution in [2.75, 3.05) is 37.6 Å². The first-order valence-corrected chi connectivity index (χ1v) is 12.3. The molecule has 1 N–H and O–H groups in total. The number of para-hydroxylation sites is 1. The Labute approximate surface area is 191 Å². The number of nitrogens with one attached hydrogen (secondary N) is 1. The molecule has 2 fully saturated rings. The van der Waals surface area contributed by atoms with E-state index in [2.05, 4.69) is 14.4 Å². The number of rotatable bonds is 9. The van der Waals surface area contributed by atoms with Crippen LogP contribution in [0.1, 0.15) is 18.5 Å². The normalized spacial score (nSPS) is 19.6. The van der Waals surface area contributed by atoms with Crippen molar-refractivity contribution in [3.05, 3.63) is 48.4 Å². The molecule has 2 aliphatic rings. The summed E-state index contributed by atoms with van der Waals surface area (Å²) in [5.41, 5.74) is 1.07. The van der Waals surface area contributed by atoms with Gasteiger partial charge in [-0.1, -0.05) is 23.4 Å². The Morgan fingerprint density at radius 2 is 1.88 bits per heavy atom. The van der Waals surface area contributed by atoms with E-state index in [1.54, 1.807) is 4.90 Å². The molecule has 176 valence electrons. The Kier molecular flexibility index (Phi) is 6.75. The van der Waals surface area contributed by atoms with E-state index in [4.69, 9.17) is 0 Å². The second-order valence-corrected chi connectivity index (χ2v) is 9.89. The van der Waals surface area contributed by atoms with Crippen LogP contribution in [0.3, 0.4) is 0 Å². The molecule has 0 radical (unpaired) electrons. The van der Waals surface area contributed by atoms with E-state index >= 15 is 0 Å². The minimum atomic E-state index is -3.64. The number of aromatic nitrogens is 1. The van der Waals surface area contributed by atoms with Gasteiger partial charge in [0.2, 0.25) is 21.8 Å². The van der Waals surface area contributed by atoms with Crippen molar-refractivity contribution >= 4 is 33.6 Å². The maximum Gasteiger partial charge on any atom is 0.326 e. The largest absolute Gasteiger partial charge is 0.364 e. The summed E-state index contributed by atoms with van der Waals surface area (Å²) in [5, 5.41) is 3.58. The van der Waals surface area contributed by atoms with Crippen LogP contribution in [0.4, 0.5) is 10.5 Å². The van der Waals surface area contributed by atoms with Crippen molar-refractivity contribution in [1.82, 2.24) is 19.7 Å². The molecule has 1 aromatic heterocycles. The highest BCUT2D eigenvalue weighted by molar-refractivity contribution is 7.88. The molecule has 12 heteroatoms. The number of carbonyl (C=O) groups is 3. The first-order valence-electron chi connectivity index (χ1n) is 10.6. The third-order valence-electron chi connectivity index (χ3n) is 5.64. The lowest BCUT2D eigenvalue weighted by Crippen LogP contribution is -2.55. The van der Waals surface area contributed by atoms with E-state index in [9.17, 15) is 22.8 Å². The summed E-state index contributed by atoms with van der Waals surface area (Å²) in [6, 6.07) is 10.3. The van der Waals surface area contributed by atoms with Gasteiger partial charge in [0.25, 0.3) is 0 Å². The van der Waals surface area contributed by atoms with Gasteiger partial charge in [0, 0.05) is 63.2 Å². The average Bonchev–Trinajstić information content (AvgIpc) is 3.42. The van der Waals surface area contributed by atoms with Crippen molar-refractivity contribution < 1.29 is 27.3 Å². The molecule has 0 spiro atoms. The highest BCUT2D eigenvalue weighted by atomic mass is 32.2. The van der Waals surface area contributed by atoms with Gasteiger partial charge in [-0.3, -0.25) is 14.5 Å². The lowest BCUT2D eigenvalue weighted by molar-refractivity contribution is -0.131. The van der Waals surface area contributed by atoms with E-state index in [0.717, 1.165) is 5.69 Å². The number of benzene rings is 1. The first-order chi connectivity index (χ1) is 15.8. The van der Waals surface area contributed by atoms with E-state index < -0.39 is 16.1 Å². The summed E-state index contributed by atoms with van der Waals surface area (Å²) in [7, 11) is -3.64. The number of imide groups is 1. The summed E-state index contributed by atoms with van der Waals surface area (Å²) in [5.74, 6) is -0.808. The van der Waals surface area contributed by atoms with Crippen LogP contribution in [0.2, 0.25) is 0 Å². The third kappa shape index (κ3) is 5.57. The molecular weight excluding hydrogens is 450 g/mol. The SMILES string of the molecule is O=C1CCN(CCNS(=O)(=O)Cc2ccon2)C(=O)N1CC1CC(=O)N(c2ccccc2)C1. The number of hydrogen-bond acceptors (Lipinski definition) is 7. The van der Waals surface area contributed by atoms with E-state index in [-0.39, 0.29) is 68.2 Å². The van der Waals surface area contributed by atoms with Gasteiger partial charge in [-0.15, -0.1) is 0 Å². The topological polar surface area (TPSA) is 133 Å². The minimum absolute atomic E-state index is 0.0116. The summed E-state index contributed by atoms with van der Waals surface area (Å²) >= 11 is 0. The summed E-state index contributed by atoms with van der Waals surface area (Å²) in [4.78, 5) is 42.1. The number of sulfonamides is 1. The molecule has 1 unspecified atom stereocenters. The molecule has 1 atom stereocenters. The van der Waals surface area contributed by atoms with Gasteiger partial charge >= 0.3 is 6.03 Å². The van der Waals surface area contributed by atoms with Crippen LogP contribution in [-0.2, 0) is 25.4 Å². The number of anilines is 1. The maximum absolute atomic E-state index is 12.9. The number of urea groups is 1. The third-order valence-corrected chi connectivity index (χ3v) is 6.96. The first kappa shape index (κ1) is 22.9. The van der Waals surface area contributed by atoms with Gasteiger partial charge in [0.05, 0.1) is 5.69 Å². The Balaban J connectivity index is 1.31. The highest BCUT2D eigenvalue weighted by Gasteiger charge is 2.37. The highest BCUT2D eigenvalue weighted by Crippen LogP contribution is 2.26. The Morgan fingerprint density at radius 3 is 2.61 bits per heavy atom. The van der Waals surface area contributed by atoms with E-state index in [1.807, 2.05) is 30.3 Å². The molecule has 33 heavy (non-hydrogen) atoms. The number of carbonyl (C=O) groups excluding carboxylic acids is 3. The van der Waals surface area contributed by atoms with Gasteiger partial charge in [-0.25, -0.2) is 17.9 Å². The molecule has 4 amide bonds. The van der Waals surface area contributed by atoms with Crippen LogP contribution in [-0.4, -0.2) is 73.9 Å². The zero-order valence-corrected chi connectivity index (χ0v) is 18.7. The summed E-state index contributed by atoms with van der Waals surface area (Å²) in [6.45, 7) is 0.944. The Morgan fingerprint density at radius 1 is 1.09 bits per heavy atom. The molecule has 0 bridgehead atoms. The standard InChI is InChI=1S/C21H25N5O6S/c27-19-6-9-24(10-8-22-33(30,31)15-17-7-11-32-23-17)21(29)26(19)14-16-12-20(28)25(13-16)18-4-2-1-3-5-18/h1-5,7,11,16,22H,6,8-10,12-15H2. The van der Waals surface area contributed by atoms with Gasteiger partial charge in [-0.2, -0.15) is 0 Å². The van der Waals surface area contributed by atoms with Crippen LogP contribution in [0.5, 0.6) is 0 Å². The lowest BCUT2D eigenvalue weighted by atomic mass is 10.1. The molecule has 2 aromatic rings. The smallest absolute Gasteiger partial charge is 0.326 e. The Hall–Kier alpha value is -3.25. The van der Waals surface area contributed by atoms with Gasteiger partial charge in [-0.05, 0) is 12.1 Å². The molecule has 1 aromatic carbocycles. The van der Waals surface area contributed by atoms with Gasteiger partial charge < -0.3 is 14.3 Å².